The summed E-state index contributed by atoms with van der Waals surface area (Å²) in [4.78, 5) is 3.92. The molecule has 1 heterocycles. The molecule has 1 aliphatic rings. The lowest BCUT2D eigenvalue weighted by Gasteiger charge is -2.05. The second-order valence-corrected chi connectivity index (χ2v) is 4.27. The maximum absolute atomic E-state index is 5.00. The Morgan fingerprint density at radius 2 is 1.92 bits per heavy atom. The van der Waals surface area contributed by atoms with E-state index < -0.39 is 0 Å². The van der Waals surface area contributed by atoms with Crippen molar-refractivity contribution in [1.82, 2.24) is 0 Å². The highest BCUT2D eigenvalue weighted by Crippen LogP contribution is 2.08. The van der Waals surface area contributed by atoms with Crippen LogP contribution in [0.5, 0.6) is 0 Å². The van der Waals surface area contributed by atoms with Gasteiger partial charge >= 0.3 is 0 Å². The Morgan fingerprint density at radius 1 is 1.42 bits per heavy atom. The molecular weight excluding hydrogens is 146 g/mol. The van der Waals surface area contributed by atoms with Gasteiger partial charge in [0.05, 0.1) is 6.54 Å². The van der Waals surface area contributed by atoms with Gasteiger partial charge < -0.3 is 0 Å². The Labute approximate surface area is 75.6 Å². The van der Waals surface area contributed by atoms with Crippen LogP contribution in [0.25, 0.3) is 0 Å². The monoisotopic (exact) mass is 163 g/mol. The zero-order valence-electron chi connectivity index (χ0n) is 8.39. The number of hydrogen-bond donors (Lipinski definition) is 0. The Balaban J connectivity index is 0.000000217. The van der Waals surface area contributed by atoms with Crippen LogP contribution in [0.2, 0.25) is 0 Å². The fourth-order valence-electron chi connectivity index (χ4n) is 0.462. The molecule has 0 radical (unpaired) electrons. The van der Waals surface area contributed by atoms with Gasteiger partial charge in [-0.1, -0.05) is 39.7 Å². The van der Waals surface area contributed by atoms with Crippen molar-refractivity contribution in [3.8, 4) is 12.3 Å². The summed E-state index contributed by atoms with van der Waals surface area (Å²) in [7, 11) is 0. The molecular formula is C11H17N. The third-order valence-corrected chi connectivity index (χ3v) is 0.791. The second kappa shape index (κ2) is 4.77. The normalized spacial score (nSPS) is 14.4. The summed E-state index contributed by atoms with van der Waals surface area (Å²) in [6.07, 6.45) is 8.79. The summed E-state index contributed by atoms with van der Waals surface area (Å²) in [6, 6.07) is 0. The number of rotatable bonds is 0. The number of allylic oxidation sites excluding steroid dienone is 1. The maximum Gasteiger partial charge on any atom is 0.107 e. The summed E-state index contributed by atoms with van der Waals surface area (Å²) in [5.41, 5.74) is 1.26. The van der Waals surface area contributed by atoms with Gasteiger partial charge in [0.15, 0.2) is 0 Å². The van der Waals surface area contributed by atoms with Gasteiger partial charge in [0.1, 0.15) is 5.71 Å². The second-order valence-electron chi connectivity index (χ2n) is 4.27. The number of aliphatic imine (C=N–C) groups is 1. The van der Waals surface area contributed by atoms with Crippen molar-refractivity contribution < 1.29 is 0 Å². The molecule has 0 saturated heterocycles. The van der Waals surface area contributed by atoms with Crippen molar-refractivity contribution >= 4 is 5.71 Å². The Kier molecular flexibility index (Phi) is 4.36. The molecule has 0 N–H and O–H groups in total. The summed E-state index contributed by atoms with van der Waals surface area (Å²) < 4.78 is 0. The van der Waals surface area contributed by atoms with Crippen molar-refractivity contribution in [2.24, 2.45) is 10.4 Å². The van der Waals surface area contributed by atoms with Gasteiger partial charge in [-0.25, -0.2) is 0 Å². The minimum atomic E-state index is 0.500. The minimum Gasteiger partial charge on any atom is -0.272 e. The van der Waals surface area contributed by atoms with Gasteiger partial charge in [-0.3, -0.25) is 4.99 Å². The van der Waals surface area contributed by atoms with E-state index in [9.17, 15) is 0 Å². The molecule has 0 unspecified atom stereocenters. The number of hydrogen-bond acceptors (Lipinski definition) is 1. The van der Waals surface area contributed by atoms with Crippen LogP contribution in [0.4, 0.5) is 0 Å². The lowest BCUT2D eigenvalue weighted by atomic mass is 10.0. The van der Waals surface area contributed by atoms with Crippen molar-refractivity contribution in [2.75, 3.05) is 6.54 Å². The predicted octanol–water partition coefficient (Wildman–Crippen LogP) is 2.68. The van der Waals surface area contributed by atoms with Crippen molar-refractivity contribution in [1.29, 1.82) is 0 Å². The first kappa shape index (κ1) is 11.0. The molecule has 0 saturated carbocycles. The topological polar surface area (TPSA) is 12.4 Å². The fraction of sp³-hybridized carbons (Fsp3) is 0.545. The lowest BCUT2D eigenvalue weighted by molar-refractivity contribution is 0.469. The van der Waals surface area contributed by atoms with Crippen LogP contribution in [-0.2, 0) is 0 Å². The van der Waals surface area contributed by atoms with Crippen molar-refractivity contribution in [3.05, 3.63) is 12.2 Å². The van der Waals surface area contributed by atoms with E-state index in [1.54, 1.807) is 0 Å². The standard InChI is InChI=1S/C6H5N.C5H12/c1-2-6-4-3-5-7-6;1-5(2,3)4/h1,3-4H,5H2;1-4H3. The fourth-order valence-corrected chi connectivity index (χ4v) is 0.462. The molecule has 1 aliphatic heterocycles. The molecule has 0 aromatic heterocycles. The SMILES string of the molecule is C#CC1=NCC=C1.CC(C)(C)C. The number of nitrogens with zero attached hydrogens (tertiary/aromatic N) is 1. The molecule has 0 amide bonds. The minimum absolute atomic E-state index is 0.500. The maximum atomic E-state index is 5.00. The average molecular weight is 163 g/mol. The van der Waals surface area contributed by atoms with Crippen LogP contribution in [0.15, 0.2) is 17.1 Å². The molecule has 0 aliphatic carbocycles. The van der Waals surface area contributed by atoms with Crippen molar-refractivity contribution in [3.63, 3.8) is 0 Å². The van der Waals surface area contributed by atoms with E-state index >= 15 is 0 Å². The van der Waals surface area contributed by atoms with Gasteiger partial charge in [0.25, 0.3) is 0 Å². The Hall–Kier alpha value is -1.03. The summed E-state index contributed by atoms with van der Waals surface area (Å²) >= 11 is 0. The number of terminal acetylenes is 1. The van der Waals surface area contributed by atoms with E-state index in [0.29, 0.717) is 5.41 Å². The lowest BCUT2D eigenvalue weighted by Crippen LogP contribution is -1.93. The zero-order valence-corrected chi connectivity index (χ0v) is 8.39. The van der Waals surface area contributed by atoms with Gasteiger partial charge in [0.2, 0.25) is 0 Å². The quantitative estimate of drug-likeness (QED) is 0.487. The van der Waals surface area contributed by atoms with E-state index in [1.807, 2.05) is 12.2 Å². The van der Waals surface area contributed by atoms with E-state index in [-0.39, 0.29) is 0 Å². The molecule has 0 bridgehead atoms. The highest BCUT2D eigenvalue weighted by Gasteiger charge is 1.95. The van der Waals surface area contributed by atoms with E-state index in [0.717, 1.165) is 12.3 Å². The molecule has 0 aromatic rings. The van der Waals surface area contributed by atoms with Crippen LogP contribution in [0, 0.1) is 17.8 Å². The highest BCUT2D eigenvalue weighted by molar-refractivity contribution is 6.09. The van der Waals surface area contributed by atoms with Crippen LogP contribution in [0.3, 0.4) is 0 Å². The zero-order chi connectivity index (χ0) is 9.61. The molecule has 0 fully saturated rings. The molecule has 12 heavy (non-hydrogen) atoms. The molecule has 0 atom stereocenters. The average Bonchev–Trinajstić information content (AvgIpc) is 2.33. The van der Waals surface area contributed by atoms with Gasteiger partial charge in [-0.05, 0) is 11.5 Å². The first-order valence-electron chi connectivity index (χ1n) is 4.11. The van der Waals surface area contributed by atoms with Gasteiger partial charge in [0, 0.05) is 0 Å². The molecule has 1 nitrogen and oxygen atoms in total. The van der Waals surface area contributed by atoms with Crippen LogP contribution < -0.4 is 0 Å². The van der Waals surface area contributed by atoms with E-state index in [2.05, 4.69) is 38.6 Å². The van der Waals surface area contributed by atoms with E-state index in [1.165, 1.54) is 0 Å². The molecule has 0 aromatic carbocycles. The third-order valence-electron chi connectivity index (χ3n) is 0.791. The molecule has 0 spiro atoms. The first-order chi connectivity index (χ1) is 5.43. The van der Waals surface area contributed by atoms with E-state index in [4.69, 9.17) is 6.42 Å². The first-order valence-corrected chi connectivity index (χ1v) is 4.11. The van der Waals surface area contributed by atoms with Crippen molar-refractivity contribution in [2.45, 2.75) is 27.7 Å². The highest BCUT2D eigenvalue weighted by atomic mass is 14.7. The summed E-state index contributed by atoms with van der Waals surface area (Å²) in [5.74, 6) is 2.43. The largest absolute Gasteiger partial charge is 0.272 e. The summed E-state index contributed by atoms with van der Waals surface area (Å²) in [6.45, 7) is 9.51. The third kappa shape index (κ3) is 8.97. The predicted molar refractivity (Wildman–Crippen MR) is 55.4 cm³/mol. The smallest absolute Gasteiger partial charge is 0.107 e. The van der Waals surface area contributed by atoms with Gasteiger partial charge in [-0.2, -0.15) is 0 Å². The Morgan fingerprint density at radius 3 is 2.08 bits per heavy atom. The summed E-state index contributed by atoms with van der Waals surface area (Å²) in [5, 5.41) is 0. The molecule has 1 heteroatoms. The van der Waals surface area contributed by atoms with Gasteiger partial charge in [-0.15, -0.1) is 6.42 Å². The molecule has 1 rings (SSSR count). The van der Waals surface area contributed by atoms with Crippen LogP contribution >= 0.6 is 0 Å². The van der Waals surface area contributed by atoms with Crippen LogP contribution in [0.1, 0.15) is 27.7 Å². The van der Waals surface area contributed by atoms with Crippen LogP contribution in [-0.4, -0.2) is 12.3 Å². The Bertz CT molecular complexity index is 214. The molecule has 66 valence electrons.